The summed E-state index contributed by atoms with van der Waals surface area (Å²) in [5.74, 6) is 1.49. The fraction of sp³-hybridized carbons (Fsp3) is 1.00. The molecule has 0 saturated carbocycles. The first-order valence-corrected chi connectivity index (χ1v) is 3.10. The molecule has 0 atom stereocenters. The molecule has 0 unspecified atom stereocenters. The van der Waals surface area contributed by atoms with Gasteiger partial charge >= 0.3 is 29.6 Å². The zero-order chi connectivity index (χ0) is 4.83. The molecule has 0 rings (SSSR count). The van der Waals surface area contributed by atoms with Crippen LogP contribution in [0.2, 0.25) is 0 Å². The molecule has 0 aromatic heterocycles. The molecule has 3 heteroatoms. The molecule has 7 heavy (non-hydrogen) atoms. The Morgan fingerprint density at radius 1 is 0.857 bits per heavy atom. The minimum atomic E-state index is 0. The van der Waals surface area contributed by atoms with Crippen molar-refractivity contribution in [3.8, 4) is 0 Å². The van der Waals surface area contributed by atoms with Crippen molar-refractivity contribution < 1.29 is 0 Å². The van der Waals surface area contributed by atoms with Crippen LogP contribution >= 0.6 is 23.2 Å². The maximum absolute atomic E-state index is 5.32. The molecule has 0 aromatic rings. The van der Waals surface area contributed by atoms with Gasteiger partial charge in [0, 0.05) is 11.8 Å². The first-order chi connectivity index (χ1) is 2.91. The zero-order valence-electron chi connectivity index (χ0n) is 3.58. The molecule has 40 valence electrons. The van der Waals surface area contributed by atoms with Gasteiger partial charge in [-0.05, 0) is 12.8 Å². The number of rotatable bonds is 3. The minimum absolute atomic E-state index is 0. The van der Waals surface area contributed by atoms with Gasteiger partial charge in [0.05, 0.1) is 0 Å². The molecule has 0 amide bonds. The summed E-state index contributed by atoms with van der Waals surface area (Å²) in [6.45, 7) is 0. The summed E-state index contributed by atoms with van der Waals surface area (Å²) < 4.78 is 0. The number of halogens is 2. The van der Waals surface area contributed by atoms with E-state index in [1.165, 1.54) is 0 Å². The standard InChI is InChI=1S/C4H8Cl2.Na.H/c5-3-1-2-4-6;;/h1-4H2;;. The first-order valence-electron chi connectivity index (χ1n) is 2.03. The molecule has 0 aliphatic heterocycles. The Morgan fingerprint density at radius 2 is 1.14 bits per heavy atom. The monoisotopic (exact) mass is 150 g/mol. The SMILES string of the molecule is ClCCCCCl.[NaH]. The summed E-state index contributed by atoms with van der Waals surface area (Å²) in [5.41, 5.74) is 0. The van der Waals surface area contributed by atoms with Gasteiger partial charge in [-0.1, -0.05) is 0 Å². The fourth-order valence-corrected chi connectivity index (χ4v) is 0.567. The zero-order valence-corrected chi connectivity index (χ0v) is 5.10. The van der Waals surface area contributed by atoms with E-state index in [9.17, 15) is 0 Å². The van der Waals surface area contributed by atoms with Gasteiger partial charge in [0.15, 0.2) is 0 Å². The Morgan fingerprint density at radius 3 is 1.29 bits per heavy atom. The number of unbranched alkanes of at least 4 members (excludes halogenated alkanes) is 1. The van der Waals surface area contributed by atoms with Gasteiger partial charge in [0.1, 0.15) is 0 Å². The van der Waals surface area contributed by atoms with Gasteiger partial charge in [-0.3, -0.25) is 0 Å². The summed E-state index contributed by atoms with van der Waals surface area (Å²) in [6, 6.07) is 0. The van der Waals surface area contributed by atoms with Crippen molar-refractivity contribution >= 4 is 52.8 Å². The molecule has 0 aliphatic rings. The molecule has 0 heterocycles. The van der Waals surface area contributed by atoms with Crippen LogP contribution in [0.1, 0.15) is 12.8 Å². The summed E-state index contributed by atoms with van der Waals surface area (Å²) in [7, 11) is 0. The summed E-state index contributed by atoms with van der Waals surface area (Å²) in [6.07, 6.45) is 2.09. The number of hydrogen-bond donors (Lipinski definition) is 0. The van der Waals surface area contributed by atoms with E-state index in [0.717, 1.165) is 24.6 Å². The second kappa shape index (κ2) is 10.5. The molecular formula is C4H9Cl2Na. The second-order valence-corrected chi connectivity index (χ2v) is 1.84. The van der Waals surface area contributed by atoms with E-state index in [0.29, 0.717) is 0 Å². The Bertz CT molecular complexity index is 21.7. The third-order valence-corrected chi connectivity index (χ3v) is 1.05. The van der Waals surface area contributed by atoms with Gasteiger partial charge in [-0.2, -0.15) is 0 Å². The molecule has 0 saturated heterocycles. The Kier molecular flexibility index (Phi) is 17.1. The predicted molar refractivity (Wildman–Crippen MR) is 37.8 cm³/mol. The van der Waals surface area contributed by atoms with Crippen LogP contribution in [-0.2, 0) is 0 Å². The Labute approximate surface area is 76.9 Å². The van der Waals surface area contributed by atoms with E-state index in [1.54, 1.807) is 0 Å². The summed E-state index contributed by atoms with van der Waals surface area (Å²) in [4.78, 5) is 0. The average Bonchev–Trinajstić information content (AvgIpc) is 1.61. The van der Waals surface area contributed by atoms with Crippen LogP contribution in [0.4, 0.5) is 0 Å². The topological polar surface area (TPSA) is 0 Å². The van der Waals surface area contributed by atoms with E-state index in [-0.39, 0.29) is 29.6 Å². The van der Waals surface area contributed by atoms with Crippen molar-refractivity contribution in [1.29, 1.82) is 0 Å². The van der Waals surface area contributed by atoms with E-state index >= 15 is 0 Å². The van der Waals surface area contributed by atoms with Crippen molar-refractivity contribution in [1.82, 2.24) is 0 Å². The van der Waals surface area contributed by atoms with Crippen LogP contribution in [0.3, 0.4) is 0 Å². The van der Waals surface area contributed by atoms with E-state index in [4.69, 9.17) is 23.2 Å². The van der Waals surface area contributed by atoms with Crippen LogP contribution in [0.25, 0.3) is 0 Å². The fourth-order valence-electron chi connectivity index (χ4n) is 0.189. The maximum atomic E-state index is 5.32. The van der Waals surface area contributed by atoms with Crippen LogP contribution < -0.4 is 0 Å². The van der Waals surface area contributed by atoms with Gasteiger partial charge < -0.3 is 0 Å². The van der Waals surface area contributed by atoms with Crippen molar-refractivity contribution in [2.24, 2.45) is 0 Å². The van der Waals surface area contributed by atoms with E-state index in [2.05, 4.69) is 0 Å². The third kappa shape index (κ3) is 11.3. The quantitative estimate of drug-likeness (QED) is 0.326. The van der Waals surface area contributed by atoms with Gasteiger partial charge in [0.25, 0.3) is 0 Å². The molecule has 0 bridgehead atoms. The number of alkyl halides is 2. The molecule has 0 radical (unpaired) electrons. The molecule has 0 nitrogen and oxygen atoms in total. The first kappa shape index (κ1) is 11.4. The van der Waals surface area contributed by atoms with E-state index in [1.807, 2.05) is 0 Å². The predicted octanol–water partition coefficient (Wildman–Crippen LogP) is 1.60. The molecule has 0 aliphatic carbocycles. The Hall–Kier alpha value is 1.58. The Balaban J connectivity index is 0. The van der Waals surface area contributed by atoms with Crippen molar-refractivity contribution in [3.05, 3.63) is 0 Å². The number of hydrogen-bond acceptors (Lipinski definition) is 0. The van der Waals surface area contributed by atoms with Crippen LogP contribution in [0.5, 0.6) is 0 Å². The summed E-state index contributed by atoms with van der Waals surface area (Å²) in [5, 5.41) is 0. The second-order valence-electron chi connectivity index (χ2n) is 1.09. The van der Waals surface area contributed by atoms with Crippen LogP contribution in [0, 0.1) is 0 Å². The van der Waals surface area contributed by atoms with Crippen molar-refractivity contribution in [2.75, 3.05) is 11.8 Å². The van der Waals surface area contributed by atoms with Gasteiger partial charge in [0.2, 0.25) is 0 Å². The van der Waals surface area contributed by atoms with Crippen LogP contribution in [-0.4, -0.2) is 41.3 Å². The van der Waals surface area contributed by atoms with E-state index < -0.39 is 0 Å². The molecule has 0 aromatic carbocycles. The normalized spacial score (nSPS) is 7.71. The van der Waals surface area contributed by atoms with Crippen LogP contribution in [0.15, 0.2) is 0 Å². The summed E-state index contributed by atoms with van der Waals surface area (Å²) >= 11 is 10.6. The average molecular weight is 151 g/mol. The van der Waals surface area contributed by atoms with Crippen molar-refractivity contribution in [3.63, 3.8) is 0 Å². The third-order valence-electron chi connectivity index (χ3n) is 0.517. The molecule has 0 fully saturated rings. The molecule has 0 N–H and O–H groups in total. The molecular weight excluding hydrogens is 142 g/mol. The van der Waals surface area contributed by atoms with Gasteiger partial charge in [-0.25, -0.2) is 0 Å². The van der Waals surface area contributed by atoms with Gasteiger partial charge in [-0.15, -0.1) is 23.2 Å². The van der Waals surface area contributed by atoms with Crippen molar-refractivity contribution in [2.45, 2.75) is 12.8 Å². The molecule has 0 spiro atoms.